The molecule has 7 heteroatoms. The van der Waals surface area contributed by atoms with Gasteiger partial charge in [-0.2, -0.15) is 0 Å². The Bertz CT molecular complexity index is 799. The normalized spacial score (nSPS) is 17.1. The molecule has 0 saturated heterocycles. The smallest absolute Gasteiger partial charge is 0.271 e. The van der Waals surface area contributed by atoms with Crippen LogP contribution in [-0.4, -0.2) is 33.4 Å². The average Bonchev–Trinajstić information content (AvgIpc) is 3.05. The molecule has 1 amide bonds. The molecule has 7 nitrogen and oxygen atoms in total. The van der Waals surface area contributed by atoms with Crippen LogP contribution in [0.25, 0.3) is 0 Å². The van der Waals surface area contributed by atoms with Crippen LogP contribution in [0.1, 0.15) is 30.6 Å². The van der Waals surface area contributed by atoms with Gasteiger partial charge in [-0.3, -0.25) is 19.8 Å². The van der Waals surface area contributed by atoms with Crippen molar-refractivity contribution in [3.8, 4) is 0 Å². The summed E-state index contributed by atoms with van der Waals surface area (Å²) in [6.45, 7) is 6.46. The molecule has 1 aliphatic heterocycles. The van der Waals surface area contributed by atoms with E-state index in [1.807, 2.05) is 13.0 Å². The Balaban J connectivity index is 1.59. The lowest BCUT2D eigenvalue weighted by molar-refractivity contribution is -0.384. The van der Waals surface area contributed by atoms with Crippen molar-refractivity contribution < 1.29 is 9.72 Å². The summed E-state index contributed by atoms with van der Waals surface area (Å²) in [5.74, 6) is -0.128. The van der Waals surface area contributed by atoms with Crippen LogP contribution in [0.5, 0.6) is 0 Å². The maximum atomic E-state index is 12.3. The lowest BCUT2D eigenvalue weighted by Crippen LogP contribution is -2.38. The van der Waals surface area contributed by atoms with Gasteiger partial charge in [0.1, 0.15) is 0 Å². The lowest BCUT2D eigenvalue weighted by Gasteiger charge is -2.34. The number of hydrogen-bond donors (Lipinski definition) is 1. The van der Waals surface area contributed by atoms with Crippen LogP contribution in [0.4, 0.5) is 11.4 Å². The van der Waals surface area contributed by atoms with E-state index in [0.717, 1.165) is 18.7 Å². The molecule has 0 aliphatic carbocycles. The molecular weight excluding hydrogens is 320 g/mol. The summed E-state index contributed by atoms with van der Waals surface area (Å²) in [5.41, 5.74) is 2.55. The fourth-order valence-electron chi connectivity index (χ4n) is 3.25. The Morgan fingerprint density at radius 1 is 1.36 bits per heavy atom. The number of rotatable bonds is 5. The molecule has 0 fully saturated rings. The third-order valence-corrected chi connectivity index (χ3v) is 4.80. The first-order chi connectivity index (χ1) is 12.0. The number of aryl methyl sites for hydroxylation is 1. The van der Waals surface area contributed by atoms with Gasteiger partial charge in [-0.1, -0.05) is 6.07 Å². The van der Waals surface area contributed by atoms with E-state index in [0.29, 0.717) is 18.7 Å². The van der Waals surface area contributed by atoms with Crippen molar-refractivity contribution >= 4 is 17.3 Å². The van der Waals surface area contributed by atoms with Gasteiger partial charge in [0.05, 0.1) is 10.6 Å². The molecular formula is C18H22N4O3. The van der Waals surface area contributed by atoms with Gasteiger partial charge in [-0.05, 0) is 31.5 Å². The van der Waals surface area contributed by atoms with Crippen LogP contribution < -0.4 is 5.32 Å². The van der Waals surface area contributed by atoms with Crippen molar-refractivity contribution in [1.82, 2.24) is 9.47 Å². The molecule has 3 rings (SSSR count). The highest BCUT2D eigenvalue weighted by atomic mass is 16.6. The minimum Gasteiger partial charge on any atom is -0.349 e. The molecule has 1 unspecified atom stereocenters. The summed E-state index contributed by atoms with van der Waals surface area (Å²) in [4.78, 5) is 25.0. The maximum absolute atomic E-state index is 12.3. The first-order valence-electron chi connectivity index (χ1n) is 8.39. The highest BCUT2D eigenvalue weighted by Crippen LogP contribution is 2.26. The fourth-order valence-corrected chi connectivity index (χ4v) is 3.25. The van der Waals surface area contributed by atoms with Crippen molar-refractivity contribution in [2.24, 2.45) is 0 Å². The van der Waals surface area contributed by atoms with Crippen molar-refractivity contribution in [2.75, 3.05) is 18.4 Å². The van der Waals surface area contributed by atoms with Crippen LogP contribution in [-0.2, 0) is 11.3 Å². The highest BCUT2D eigenvalue weighted by molar-refractivity contribution is 5.92. The predicted octanol–water partition coefficient (Wildman–Crippen LogP) is 3.11. The SMILES string of the molecule is Cc1ccc([N+](=O)[O-])cc1NC(=O)CCN1CCn2cccc2C1C. The summed E-state index contributed by atoms with van der Waals surface area (Å²) in [7, 11) is 0. The van der Waals surface area contributed by atoms with Crippen molar-refractivity contribution in [2.45, 2.75) is 32.9 Å². The van der Waals surface area contributed by atoms with Crippen LogP contribution in [0.3, 0.4) is 0 Å². The second-order valence-corrected chi connectivity index (χ2v) is 6.39. The number of amides is 1. The number of nitro benzene ring substituents is 1. The molecule has 2 aromatic rings. The highest BCUT2D eigenvalue weighted by Gasteiger charge is 2.23. The molecule has 132 valence electrons. The molecule has 0 saturated carbocycles. The van der Waals surface area contributed by atoms with E-state index in [9.17, 15) is 14.9 Å². The topological polar surface area (TPSA) is 80.4 Å². The molecule has 0 spiro atoms. The second-order valence-electron chi connectivity index (χ2n) is 6.39. The van der Waals surface area contributed by atoms with Crippen LogP contribution in [0.2, 0.25) is 0 Å². The third kappa shape index (κ3) is 3.71. The Labute approximate surface area is 146 Å². The quantitative estimate of drug-likeness (QED) is 0.669. The minimum atomic E-state index is -0.459. The lowest BCUT2D eigenvalue weighted by atomic mass is 10.1. The monoisotopic (exact) mass is 342 g/mol. The van der Waals surface area contributed by atoms with Gasteiger partial charge < -0.3 is 9.88 Å². The number of nitro groups is 1. The van der Waals surface area contributed by atoms with Gasteiger partial charge in [-0.25, -0.2) is 0 Å². The van der Waals surface area contributed by atoms with Crippen molar-refractivity contribution in [3.63, 3.8) is 0 Å². The van der Waals surface area contributed by atoms with Gasteiger partial charge in [0, 0.05) is 56.1 Å². The second kappa shape index (κ2) is 7.06. The number of nitrogens with one attached hydrogen (secondary N) is 1. The molecule has 0 radical (unpaired) electrons. The molecule has 2 heterocycles. The zero-order chi connectivity index (χ0) is 18.0. The Morgan fingerprint density at radius 3 is 2.92 bits per heavy atom. The Hall–Kier alpha value is -2.67. The number of carbonyl (C=O) groups is 1. The summed E-state index contributed by atoms with van der Waals surface area (Å²) in [6.07, 6.45) is 2.44. The van der Waals surface area contributed by atoms with Gasteiger partial charge in [0.25, 0.3) is 5.69 Å². The Morgan fingerprint density at radius 2 is 2.16 bits per heavy atom. The fraction of sp³-hybridized carbons (Fsp3) is 0.389. The van der Waals surface area contributed by atoms with Gasteiger partial charge in [0.15, 0.2) is 0 Å². The number of aromatic nitrogens is 1. The number of benzene rings is 1. The van der Waals surface area contributed by atoms with Crippen molar-refractivity contribution in [3.05, 3.63) is 57.9 Å². The number of carbonyl (C=O) groups excluding carboxylic acids is 1. The minimum absolute atomic E-state index is 0.0219. The molecule has 1 aromatic carbocycles. The largest absolute Gasteiger partial charge is 0.349 e. The van der Waals surface area contributed by atoms with E-state index in [2.05, 4.69) is 34.0 Å². The number of non-ortho nitro benzene ring substituents is 1. The van der Waals surface area contributed by atoms with E-state index in [1.165, 1.54) is 17.8 Å². The van der Waals surface area contributed by atoms with E-state index in [1.54, 1.807) is 6.07 Å². The van der Waals surface area contributed by atoms with E-state index >= 15 is 0 Å². The first kappa shape index (κ1) is 17.2. The molecule has 0 bridgehead atoms. The zero-order valence-corrected chi connectivity index (χ0v) is 14.4. The molecule has 1 N–H and O–H groups in total. The number of hydrogen-bond acceptors (Lipinski definition) is 4. The Kier molecular flexibility index (Phi) is 4.85. The first-order valence-corrected chi connectivity index (χ1v) is 8.39. The standard InChI is InChI=1S/C18H22N4O3/c1-13-5-6-15(22(24)25)12-16(13)19-18(23)7-9-20-10-11-21-8-3-4-17(21)14(20)2/h3-6,8,12,14H,7,9-11H2,1-2H3,(H,19,23). The zero-order valence-electron chi connectivity index (χ0n) is 14.4. The van der Waals surface area contributed by atoms with Gasteiger partial charge >= 0.3 is 0 Å². The van der Waals surface area contributed by atoms with Crippen LogP contribution >= 0.6 is 0 Å². The molecule has 25 heavy (non-hydrogen) atoms. The van der Waals surface area contributed by atoms with Gasteiger partial charge in [-0.15, -0.1) is 0 Å². The predicted molar refractivity (Wildman–Crippen MR) is 95.5 cm³/mol. The number of anilines is 1. The summed E-state index contributed by atoms with van der Waals surface area (Å²) in [5, 5.41) is 13.7. The van der Waals surface area contributed by atoms with E-state index in [-0.39, 0.29) is 17.6 Å². The van der Waals surface area contributed by atoms with Crippen LogP contribution in [0, 0.1) is 17.0 Å². The number of nitrogens with zero attached hydrogens (tertiary/aromatic N) is 3. The molecule has 1 atom stereocenters. The molecule has 1 aromatic heterocycles. The number of fused-ring (bicyclic) bond motifs is 1. The summed E-state index contributed by atoms with van der Waals surface area (Å²) >= 11 is 0. The summed E-state index contributed by atoms with van der Waals surface area (Å²) in [6, 6.07) is 8.93. The van der Waals surface area contributed by atoms with E-state index < -0.39 is 4.92 Å². The average molecular weight is 342 g/mol. The molecule has 1 aliphatic rings. The van der Waals surface area contributed by atoms with Crippen LogP contribution in [0.15, 0.2) is 36.5 Å². The third-order valence-electron chi connectivity index (χ3n) is 4.80. The van der Waals surface area contributed by atoms with Gasteiger partial charge in [0.2, 0.25) is 5.91 Å². The maximum Gasteiger partial charge on any atom is 0.271 e. The van der Waals surface area contributed by atoms with Crippen molar-refractivity contribution in [1.29, 1.82) is 0 Å². The summed E-state index contributed by atoms with van der Waals surface area (Å²) < 4.78 is 2.24. The van der Waals surface area contributed by atoms with E-state index in [4.69, 9.17) is 0 Å².